The van der Waals surface area contributed by atoms with Crippen molar-refractivity contribution in [2.45, 2.75) is 20.4 Å². The summed E-state index contributed by atoms with van der Waals surface area (Å²) in [5.74, 6) is 1.63. The number of hydrogen-bond acceptors (Lipinski definition) is 5. The average Bonchev–Trinajstić information content (AvgIpc) is 2.87. The molecular weight excluding hydrogens is 268 g/mol. The lowest BCUT2D eigenvalue weighted by Gasteiger charge is -2.06. The molecule has 0 amide bonds. The third-order valence-corrected chi connectivity index (χ3v) is 3.24. The maximum Gasteiger partial charge on any atom is 0.170 e. The molecule has 0 aliphatic heterocycles. The van der Waals surface area contributed by atoms with Gasteiger partial charge in [0.2, 0.25) is 0 Å². The minimum Gasteiger partial charge on any atom is -0.491 e. The van der Waals surface area contributed by atoms with E-state index < -0.39 is 0 Å². The van der Waals surface area contributed by atoms with Gasteiger partial charge in [-0.25, -0.2) is 0 Å². The van der Waals surface area contributed by atoms with E-state index in [2.05, 4.69) is 17.4 Å². The van der Waals surface area contributed by atoms with Crippen molar-refractivity contribution in [2.75, 3.05) is 26.9 Å². The van der Waals surface area contributed by atoms with E-state index in [1.165, 1.54) is 0 Å². The molecule has 0 bridgehead atoms. The molecule has 0 radical (unpaired) electrons. The third-order valence-electron chi connectivity index (χ3n) is 3.24. The Bertz CT molecular complexity index is 549. The molecule has 2 rings (SSSR count). The fourth-order valence-corrected chi connectivity index (χ4v) is 1.99. The van der Waals surface area contributed by atoms with Crippen LogP contribution in [0.1, 0.15) is 18.2 Å². The second kappa shape index (κ2) is 7.81. The van der Waals surface area contributed by atoms with E-state index in [9.17, 15) is 0 Å². The van der Waals surface area contributed by atoms with E-state index in [-0.39, 0.29) is 0 Å². The maximum atomic E-state index is 5.54. The van der Waals surface area contributed by atoms with Crippen molar-refractivity contribution in [1.29, 1.82) is 0 Å². The maximum absolute atomic E-state index is 5.54. The van der Waals surface area contributed by atoms with Crippen LogP contribution in [0.2, 0.25) is 0 Å². The van der Waals surface area contributed by atoms with Gasteiger partial charge in [-0.2, -0.15) is 0 Å². The fourth-order valence-electron chi connectivity index (χ4n) is 1.99. The number of ether oxygens (including phenoxy) is 2. The van der Waals surface area contributed by atoms with Gasteiger partial charge in [-0.3, -0.25) is 0 Å². The van der Waals surface area contributed by atoms with Crippen LogP contribution < -0.4 is 10.1 Å². The molecule has 0 aliphatic carbocycles. The topological polar surface area (TPSA) is 56.5 Å². The molecule has 0 saturated carbocycles. The summed E-state index contributed by atoms with van der Waals surface area (Å²) in [6.45, 7) is 6.86. The molecule has 5 heteroatoms. The van der Waals surface area contributed by atoms with Gasteiger partial charge in [-0.15, -0.1) is 0 Å². The summed E-state index contributed by atoms with van der Waals surface area (Å²) in [6.07, 6.45) is 0. The zero-order chi connectivity index (χ0) is 15.1. The van der Waals surface area contributed by atoms with Crippen LogP contribution in [0.5, 0.6) is 5.75 Å². The summed E-state index contributed by atoms with van der Waals surface area (Å²) in [6, 6.07) is 7.81. The van der Waals surface area contributed by atoms with Crippen molar-refractivity contribution in [1.82, 2.24) is 10.5 Å². The van der Waals surface area contributed by atoms with Gasteiger partial charge in [0.15, 0.2) is 5.76 Å². The predicted molar refractivity (Wildman–Crippen MR) is 81.4 cm³/mol. The molecular formula is C16H22N2O3. The highest BCUT2D eigenvalue weighted by Gasteiger charge is 2.13. The highest BCUT2D eigenvalue weighted by Crippen LogP contribution is 2.27. The van der Waals surface area contributed by atoms with Crippen LogP contribution in [0, 0.1) is 6.92 Å². The minimum atomic E-state index is 0.546. The number of hydrogen-bond donors (Lipinski definition) is 1. The number of rotatable bonds is 8. The van der Waals surface area contributed by atoms with Gasteiger partial charge in [0.1, 0.15) is 18.1 Å². The van der Waals surface area contributed by atoms with Crippen LogP contribution in [0.25, 0.3) is 11.3 Å². The monoisotopic (exact) mass is 290 g/mol. The molecule has 2 aromatic rings. The van der Waals surface area contributed by atoms with Crippen LogP contribution in [0.4, 0.5) is 0 Å². The standard InChI is InChI=1S/C16H22N2O3/c1-4-17-11-15-12(2)16(21-18-15)13-5-7-14(8-6-13)20-10-9-19-3/h5-8,17H,4,9-11H2,1-3H3. The Hall–Kier alpha value is -1.85. The lowest BCUT2D eigenvalue weighted by molar-refractivity contribution is 0.146. The molecule has 1 N–H and O–H groups in total. The van der Waals surface area contributed by atoms with Crippen LogP contribution >= 0.6 is 0 Å². The SMILES string of the molecule is CCNCc1noc(-c2ccc(OCCOC)cc2)c1C. The molecule has 0 saturated heterocycles. The molecule has 1 aromatic carbocycles. The fraction of sp³-hybridized carbons (Fsp3) is 0.438. The Labute approximate surface area is 125 Å². The molecule has 5 nitrogen and oxygen atoms in total. The van der Waals surface area contributed by atoms with Crippen molar-refractivity contribution in [3.05, 3.63) is 35.5 Å². The lowest BCUT2D eigenvalue weighted by atomic mass is 10.1. The first-order valence-electron chi connectivity index (χ1n) is 7.14. The van der Waals surface area contributed by atoms with E-state index in [4.69, 9.17) is 14.0 Å². The first kappa shape index (κ1) is 15.5. The number of aromatic nitrogens is 1. The summed E-state index contributed by atoms with van der Waals surface area (Å²) in [4.78, 5) is 0. The number of nitrogens with zero attached hydrogens (tertiary/aromatic N) is 1. The molecule has 114 valence electrons. The summed E-state index contributed by atoms with van der Waals surface area (Å²) in [5.41, 5.74) is 3.03. The molecule has 0 spiro atoms. The third kappa shape index (κ3) is 4.06. The van der Waals surface area contributed by atoms with E-state index in [1.54, 1.807) is 7.11 Å². The normalized spacial score (nSPS) is 10.8. The van der Waals surface area contributed by atoms with Crippen molar-refractivity contribution < 1.29 is 14.0 Å². The van der Waals surface area contributed by atoms with E-state index >= 15 is 0 Å². The molecule has 1 heterocycles. The molecule has 1 aromatic heterocycles. The Morgan fingerprint density at radius 1 is 1.19 bits per heavy atom. The Kier molecular flexibility index (Phi) is 5.78. The smallest absolute Gasteiger partial charge is 0.170 e. The van der Waals surface area contributed by atoms with Gasteiger partial charge in [0.05, 0.1) is 6.61 Å². The summed E-state index contributed by atoms with van der Waals surface area (Å²) in [5, 5.41) is 7.38. The number of nitrogens with one attached hydrogen (secondary N) is 1. The van der Waals surface area contributed by atoms with Gasteiger partial charge in [-0.1, -0.05) is 12.1 Å². The highest BCUT2D eigenvalue weighted by molar-refractivity contribution is 5.62. The van der Waals surface area contributed by atoms with Gasteiger partial charge in [0, 0.05) is 24.8 Å². The molecule has 0 atom stereocenters. The summed E-state index contributed by atoms with van der Waals surface area (Å²) in [7, 11) is 1.66. The van der Waals surface area contributed by atoms with Gasteiger partial charge in [0.25, 0.3) is 0 Å². The predicted octanol–water partition coefficient (Wildman–Crippen LogP) is 2.78. The van der Waals surface area contributed by atoms with Crippen molar-refractivity contribution in [3.8, 4) is 17.1 Å². The molecule has 0 fully saturated rings. The summed E-state index contributed by atoms with van der Waals surface area (Å²) >= 11 is 0. The zero-order valence-corrected chi connectivity index (χ0v) is 12.8. The Balaban J connectivity index is 2.06. The average molecular weight is 290 g/mol. The molecule has 21 heavy (non-hydrogen) atoms. The lowest BCUT2D eigenvalue weighted by Crippen LogP contribution is -2.12. The first-order valence-corrected chi connectivity index (χ1v) is 7.14. The number of benzene rings is 1. The van der Waals surface area contributed by atoms with Crippen molar-refractivity contribution in [2.24, 2.45) is 0 Å². The van der Waals surface area contributed by atoms with Gasteiger partial charge < -0.3 is 19.3 Å². The minimum absolute atomic E-state index is 0.546. The van der Waals surface area contributed by atoms with E-state index in [1.807, 2.05) is 31.2 Å². The first-order chi connectivity index (χ1) is 10.3. The van der Waals surface area contributed by atoms with Crippen LogP contribution in [-0.4, -0.2) is 32.0 Å². The van der Waals surface area contributed by atoms with Crippen LogP contribution in [-0.2, 0) is 11.3 Å². The second-order valence-corrected chi connectivity index (χ2v) is 4.73. The van der Waals surface area contributed by atoms with Crippen LogP contribution in [0.15, 0.2) is 28.8 Å². The van der Waals surface area contributed by atoms with Crippen LogP contribution in [0.3, 0.4) is 0 Å². The Morgan fingerprint density at radius 3 is 2.62 bits per heavy atom. The second-order valence-electron chi connectivity index (χ2n) is 4.73. The number of methoxy groups -OCH3 is 1. The van der Waals surface area contributed by atoms with E-state index in [0.717, 1.165) is 41.4 Å². The van der Waals surface area contributed by atoms with E-state index in [0.29, 0.717) is 13.2 Å². The van der Waals surface area contributed by atoms with Gasteiger partial charge >= 0.3 is 0 Å². The molecule has 0 unspecified atom stereocenters. The molecule has 0 aliphatic rings. The quantitative estimate of drug-likeness (QED) is 0.758. The van der Waals surface area contributed by atoms with Crippen molar-refractivity contribution in [3.63, 3.8) is 0 Å². The Morgan fingerprint density at radius 2 is 1.95 bits per heavy atom. The van der Waals surface area contributed by atoms with Crippen molar-refractivity contribution >= 4 is 0 Å². The van der Waals surface area contributed by atoms with Gasteiger partial charge in [-0.05, 0) is 37.7 Å². The largest absolute Gasteiger partial charge is 0.491 e. The zero-order valence-electron chi connectivity index (χ0n) is 12.8. The summed E-state index contributed by atoms with van der Waals surface area (Å²) < 4.78 is 16.0. The highest BCUT2D eigenvalue weighted by atomic mass is 16.5.